The number of nitrogens with one attached hydrogen (secondary N) is 2. The van der Waals surface area contributed by atoms with E-state index in [1.54, 1.807) is 0 Å². The standard InChI is InChI=1S/C16H22N4/c1-12(2)20-16-18-10-14(11-19-16)9-17-13(3)15-7-5-4-6-8-15/h4-8,10-13,17H,9H2,1-3H3,(H,18,19,20)/t13-/m0/s1. The predicted molar refractivity (Wildman–Crippen MR) is 82.5 cm³/mol. The molecule has 0 aliphatic heterocycles. The lowest BCUT2D eigenvalue weighted by Gasteiger charge is -2.14. The van der Waals surface area contributed by atoms with E-state index >= 15 is 0 Å². The Morgan fingerprint density at radius 1 is 1.00 bits per heavy atom. The van der Waals surface area contributed by atoms with E-state index in [1.807, 2.05) is 18.5 Å². The van der Waals surface area contributed by atoms with Crippen LogP contribution in [0.4, 0.5) is 5.95 Å². The minimum atomic E-state index is 0.310. The molecule has 2 rings (SSSR count). The third-order valence-corrected chi connectivity index (χ3v) is 3.04. The van der Waals surface area contributed by atoms with E-state index in [2.05, 4.69) is 65.6 Å². The molecule has 0 bridgehead atoms. The van der Waals surface area contributed by atoms with Gasteiger partial charge in [-0.3, -0.25) is 0 Å². The Labute approximate surface area is 120 Å². The van der Waals surface area contributed by atoms with Gasteiger partial charge in [0.2, 0.25) is 5.95 Å². The molecule has 2 aromatic rings. The van der Waals surface area contributed by atoms with Crippen molar-refractivity contribution < 1.29 is 0 Å². The minimum Gasteiger partial charge on any atom is -0.352 e. The number of nitrogens with zero attached hydrogens (tertiary/aromatic N) is 2. The highest BCUT2D eigenvalue weighted by Crippen LogP contribution is 2.12. The van der Waals surface area contributed by atoms with Gasteiger partial charge in [0.1, 0.15) is 0 Å². The molecule has 20 heavy (non-hydrogen) atoms. The highest BCUT2D eigenvalue weighted by atomic mass is 15.1. The average molecular weight is 270 g/mol. The van der Waals surface area contributed by atoms with Crippen LogP contribution >= 0.6 is 0 Å². The van der Waals surface area contributed by atoms with Crippen LogP contribution in [0.3, 0.4) is 0 Å². The Hall–Kier alpha value is -1.94. The summed E-state index contributed by atoms with van der Waals surface area (Å²) in [6.07, 6.45) is 3.73. The minimum absolute atomic E-state index is 0.310. The molecule has 0 radical (unpaired) electrons. The van der Waals surface area contributed by atoms with Crippen molar-refractivity contribution in [2.45, 2.75) is 39.4 Å². The predicted octanol–water partition coefficient (Wildman–Crippen LogP) is 3.15. The molecule has 1 aromatic carbocycles. The largest absolute Gasteiger partial charge is 0.352 e. The first kappa shape index (κ1) is 14.5. The fourth-order valence-corrected chi connectivity index (χ4v) is 1.91. The molecule has 1 aromatic heterocycles. The first-order valence-corrected chi connectivity index (χ1v) is 7.01. The second-order valence-electron chi connectivity index (χ2n) is 5.23. The zero-order valence-corrected chi connectivity index (χ0v) is 12.3. The molecule has 4 heteroatoms. The van der Waals surface area contributed by atoms with Crippen LogP contribution in [0.1, 0.15) is 37.9 Å². The normalized spacial score (nSPS) is 12.4. The second-order valence-corrected chi connectivity index (χ2v) is 5.23. The number of aromatic nitrogens is 2. The summed E-state index contributed by atoms with van der Waals surface area (Å²) in [5.74, 6) is 0.680. The van der Waals surface area contributed by atoms with Crippen LogP contribution in [0.2, 0.25) is 0 Å². The van der Waals surface area contributed by atoms with Gasteiger partial charge in [-0.15, -0.1) is 0 Å². The van der Waals surface area contributed by atoms with Crippen molar-refractivity contribution in [3.05, 3.63) is 53.9 Å². The lowest BCUT2D eigenvalue weighted by molar-refractivity contribution is 0.573. The monoisotopic (exact) mass is 270 g/mol. The third kappa shape index (κ3) is 4.31. The first-order chi connectivity index (χ1) is 9.65. The van der Waals surface area contributed by atoms with E-state index in [0.717, 1.165) is 12.1 Å². The van der Waals surface area contributed by atoms with Crippen LogP contribution < -0.4 is 10.6 Å². The topological polar surface area (TPSA) is 49.8 Å². The van der Waals surface area contributed by atoms with Gasteiger partial charge in [0.05, 0.1) is 0 Å². The second kappa shape index (κ2) is 7.01. The van der Waals surface area contributed by atoms with E-state index in [-0.39, 0.29) is 0 Å². The van der Waals surface area contributed by atoms with Gasteiger partial charge >= 0.3 is 0 Å². The molecule has 0 amide bonds. The van der Waals surface area contributed by atoms with Gasteiger partial charge in [-0.05, 0) is 26.3 Å². The van der Waals surface area contributed by atoms with Gasteiger partial charge in [0, 0.05) is 36.6 Å². The Balaban J connectivity index is 1.88. The zero-order chi connectivity index (χ0) is 14.4. The van der Waals surface area contributed by atoms with Gasteiger partial charge < -0.3 is 10.6 Å². The molecular weight excluding hydrogens is 248 g/mol. The number of benzene rings is 1. The van der Waals surface area contributed by atoms with Gasteiger partial charge in [-0.2, -0.15) is 0 Å². The van der Waals surface area contributed by atoms with E-state index in [4.69, 9.17) is 0 Å². The van der Waals surface area contributed by atoms with Crippen molar-refractivity contribution in [3.63, 3.8) is 0 Å². The molecular formula is C16H22N4. The van der Waals surface area contributed by atoms with E-state index in [1.165, 1.54) is 5.56 Å². The maximum atomic E-state index is 4.31. The Bertz CT molecular complexity index is 508. The molecule has 0 saturated carbocycles. The van der Waals surface area contributed by atoms with Gasteiger partial charge in [-0.25, -0.2) is 9.97 Å². The summed E-state index contributed by atoms with van der Waals surface area (Å²) in [7, 11) is 0. The molecule has 0 spiro atoms. The van der Waals surface area contributed by atoms with Crippen molar-refractivity contribution >= 4 is 5.95 Å². The summed E-state index contributed by atoms with van der Waals surface area (Å²) in [4.78, 5) is 8.61. The molecule has 1 atom stereocenters. The van der Waals surface area contributed by atoms with Crippen LogP contribution in [-0.4, -0.2) is 16.0 Å². The molecule has 106 valence electrons. The maximum absolute atomic E-state index is 4.31. The lowest BCUT2D eigenvalue weighted by Crippen LogP contribution is -2.18. The fourth-order valence-electron chi connectivity index (χ4n) is 1.91. The van der Waals surface area contributed by atoms with Crippen molar-refractivity contribution in [3.8, 4) is 0 Å². The Morgan fingerprint density at radius 3 is 2.25 bits per heavy atom. The Morgan fingerprint density at radius 2 is 1.65 bits per heavy atom. The summed E-state index contributed by atoms with van der Waals surface area (Å²) in [5, 5.41) is 6.66. The van der Waals surface area contributed by atoms with Crippen molar-refractivity contribution in [1.82, 2.24) is 15.3 Å². The quantitative estimate of drug-likeness (QED) is 0.846. The van der Waals surface area contributed by atoms with Crippen molar-refractivity contribution in [2.24, 2.45) is 0 Å². The summed E-state index contributed by atoms with van der Waals surface area (Å²) >= 11 is 0. The van der Waals surface area contributed by atoms with Gasteiger partial charge in [0.25, 0.3) is 0 Å². The van der Waals surface area contributed by atoms with Crippen LogP contribution in [0.5, 0.6) is 0 Å². The van der Waals surface area contributed by atoms with Crippen molar-refractivity contribution in [1.29, 1.82) is 0 Å². The van der Waals surface area contributed by atoms with E-state index in [9.17, 15) is 0 Å². The van der Waals surface area contributed by atoms with Crippen LogP contribution in [0.25, 0.3) is 0 Å². The first-order valence-electron chi connectivity index (χ1n) is 7.01. The van der Waals surface area contributed by atoms with E-state index < -0.39 is 0 Å². The molecule has 1 heterocycles. The summed E-state index contributed by atoms with van der Waals surface area (Å²) in [5.41, 5.74) is 2.37. The molecule has 0 fully saturated rings. The molecule has 0 aliphatic rings. The van der Waals surface area contributed by atoms with Gasteiger partial charge in [-0.1, -0.05) is 30.3 Å². The SMILES string of the molecule is CC(C)Nc1ncc(CN[C@@H](C)c2ccccc2)cn1. The summed E-state index contributed by atoms with van der Waals surface area (Å²) in [6.45, 7) is 7.06. The Kier molecular flexibility index (Phi) is 5.07. The summed E-state index contributed by atoms with van der Waals surface area (Å²) in [6, 6.07) is 11.1. The highest BCUT2D eigenvalue weighted by Gasteiger charge is 2.04. The number of anilines is 1. The molecule has 4 nitrogen and oxygen atoms in total. The van der Waals surface area contributed by atoms with Gasteiger partial charge in [0.15, 0.2) is 0 Å². The lowest BCUT2D eigenvalue weighted by atomic mass is 10.1. The van der Waals surface area contributed by atoms with Crippen LogP contribution in [0.15, 0.2) is 42.7 Å². The highest BCUT2D eigenvalue weighted by molar-refractivity contribution is 5.25. The maximum Gasteiger partial charge on any atom is 0.222 e. The van der Waals surface area contributed by atoms with Crippen LogP contribution in [0, 0.1) is 0 Å². The molecule has 0 unspecified atom stereocenters. The van der Waals surface area contributed by atoms with E-state index in [0.29, 0.717) is 18.0 Å². The van der Waals surface area contributed by atoms with Crippen molar-refractivity contribution in [2.75, 3.05) is 5.32 Å². The number of hydrogen-bond acceptors (Lipinski definition) is 4. The summed E-state index contributed by atoms with van der Waals surface area (Å²) < 4.78 is 0. The molecule has 2 N–H and O–H groups in total. The third-order valence-electron chi connectivity index (χ3n) is 3.04. The average Bonchev–Trinajstić information content (AvgIpc) is 2.46. The zero-order valence-electron chi connectivity index (χ0n) is 12.3. The number of hydrogen-bond donors (Lipinski definition) is 2. The number of rotatable bonds is 6. The smallest absolute Gasteiger partial charge is 0.222 e. The van der Waals surface area contributed by atoms with Crippen LogP contribution in [-0.2, 0) is 6.54 Å². The molecule has 0 aliphatic carbocycles. The fraction of sp³-hybridized carbons (Fsp3) is 0.375. The molecule has 0 saturated heterocycles.